The van der Waals surface area contributed by atoms with E-state index in [0.717, 1.165) is 16.7 Å². The van der Waals surface area contributed by atoms with E-state index in [1.54, 1.807) is 13.8 Å². The monoisotopic (exact) mass is 317 g/mol. The zero-order valence-electron chi connectivity index (χ0n) is 10.3. The molecule has 0 aliphatic heterocycles. The Bertz CT molecular complexity index is 422. The molecule has 4 nitrogen and oxygen atoms in total. The lowest BCUT2D eigenvalue weighted by Gasteiger charge is -2.14. The van der Waals surface area contributed by atoms with Crippen LogP contribution in [0.1, 0.15) is 24.5 Å². The largest absolute Gasteiger partial charge is 0.434 e. The van der Waals surface area contributed by atoms with Crippen molar-refractivity contribution in [1.82, 2.24) is 10.3 Å². The lowest BCUT2D eigenvalue weighted by Crippen LogP contribution is -2.38. The van der Waals surface area contributed by atoms with Crippen molar-refractivity contribution in [1.29, 1.82) is 0 Å². The summed E-state index contributed by atoms with van der Waals surface area (Å²) in [6.07, 6.45) is -4.45. The van der Waals surface area contributed by atoms with Crippen LogP contribution in [0.4, 0.5) is 13.2 Å². The number of rotatable bonds is 4. The van der Waals surface area contributed by atoms with Crippen LogP contribution in [0.5, 0.6) is 0 Å². The number of alkyl halides is 3. The zero-order chi connectivity index (χ0) is 13.9. The van der Waals surface area contributed by atoms with E-state index < -0.39 is 17.8 Å². The molecule has 0 bridgehead atoms. The molecule has 9 heteroatoms. The summed E-state index contributed by atoms with van der Waals surface area (Å²) in [6.45, 7) is 3.33. The average Bonchev–Trinajstić information content (AvgIpc) is 2.72. The highest BCUT2D eigenvalue weighted by Crippen LogP contribution is 2.29. The second-order valence-electron chi connectivity index (χ2n) is 3.99. The Morgan fingerprint density at radius 2 is 2.11 bits per heavy atom. The smallest absolute Gasteiger partial charge is 0.349 e. The van der Waals surface area contributed by atoms with Crippen molar-refractivity contribution in [3.63, 3.8) is 0 Å². The highest BCUT2D eigenvalue weighted by Gasteiger charge is 2.33. The third-order valence-electron chi connectivity index (χ3n) is 2.46. The van der Waals surface area contributed by atoms with E-state index in [2.05, 4.69) is 10.3 Å². The number of aromatic nitrogens is 1. The molecule has 2 unspecified atom stereocenters. The highest BCUT2D eigenvalue weighted by atomic mass is 35.5. The van der Waals surface area contributed by atoms with Crippen molar-refractivity contribution in [3.05, 3.63) is 16.1 Å². The molecule has 2 atom stereocenters. The maximum absolute atomic E-state index is 12.3. The first-order valence-electron chi connectivity index (χ1n) is 5.26. The fourth-order valence-corrected chi connectivity index (χ4v) is 1.83. The van der Waals surface area contributed by atoms with E-state index in [1.807, 2.05) is 0 Å². The van der Waals surface area contributed by atoms with E-state index in [4.69, 9.17) is 5.73 Å². The van der Waals surface area contributed by atoms with Crippen LogP contribution in [0.3, 0.4) is 0 Å². The molecule has 1 heterocycles. The van der Waals surface area contributed by atoms with Gasteiger partial charge in [0.05, 0.1) is 6.54 Å². The Labute approximate surface area is 119 Å². The Kier molecular flexibility index (Phi) is 6.74. The number of nitrogens with one attached hydrogen (secondary N) is 1. The second-order valence-corrected chi connectivity index (χ2v) is 4.93. The molecule has 0 saturated carbocycles. The predicted molar refractivity (Wildman–Crippen MR) is 69.0 cm³/mol. The Morgan fingerprint density at radius 3 is 2.53 bits per heavy atom. The number of carbonyl (C=O) groups excluding carboxylic acids is 1. The molecule has 1 rings (SSSR count). The molecule has 0 aliphatic rings. The van der Waals surface area contributed by atoms with Crippen LogP contribution in [0, 0.1) is 5.92 Å². The normalized spacial score (nSPS) is 14.4. The second kappa shape index (κ2) is 7.06. The molecule has 0 fully saturated rings. The lowest BCUT2D eigenvalue weighted by molar-refractivity contribution is -0.140. The summed E-state index contributed by atoms with van der Waals surface area (Å²) in [5.41, 5.74) is 4.61. The first kappa shape index (κ1) is 18.1. The van der Waals surface area contributed by atoms with Gasteiger partial charge in [0.15, 0.2) is 5.69 Å². The molecule has 0 saturated heterocycles. The summed E-state index contributed by atoms with van der Waals surface area (Å²) in [5.74, 6) is -0.694. The Morgan fingerprint density at radius 1 is 1.53 bits per heavy atom. The van der Waals surface area contributed by atoms with Gasteiger partial charge in [-0.3, -0.25) is 4.79 Å². The van der Waals surface area contributed by atoms with Gasteiger partial charge < -0.3 is 11.1 Å². The van der Waals surface area contributed by atoms with Gasteiger partial charge in [-0.2, -0.15) is 13.2 Å². The minimum atomic E-state index is -4.45. The van der Waals surface area contributed by atoms with Crippen molar-refractivity contribution in [2.75, 3.05) is 0 Å². The van der Waals surface area contributed by atoms with Gasteiger partial charge in [-0.1, -0.05) is 6.92 Å². The van der Waals surface area contributed by atoms with Crippen molar-refractivity contribution in [3.8, 4) is 0 Å². The van der Waals surface area contributed by atoms with Crippen LogP contribution in [-0.2, 0) is 17.5 Å². The number of nitrogens with two attached hydrogens (primary N) is 1. The molecule has 3 N–H and O–H groups in total. The Balaban J connectivity index is 0.00000324. The third kappa shape index (κ3) is 5.33. The molecule has 1 amide bonds. The van der Waals surface area contributed by atoms with Crippen molar-refractivity contribution in [2.45, 2.75) is 32.6 Å². The van der Waals surface area contributed by atoms with Crippen molar-refractivity contribution >= 4 is 29.7 Å². The summed E-state index contributed by atoms with van der Waals surface area (Å²) in [6, 6.07) is -0.313. The van der Waals surface area contributed by atoms with Crippen LogP contribution >= 0.6 is 23.7 Å². The van der Waals surface area contributed by atoms with Gasteiger partial charge in [0, 0.05) is 17.3 Å². The van der Waals surface area contributed by atoms with Gasteiger partial charge in [0.25, 0.3) is 0 Å². The van der Waals surface area contributed by atoms with Crippen LogP contribution in [-0.4, -0.2) is 16.9 Å². The SMILES string of the molecule is CC(N)C(C)C(=O)NCc1nc(C(F)(F)F)cs1.Cl. The molecule has 19 heavy (non-hydrogen) atoms. The molecule has 0 spiro atoms. The molecule has 0 aromatic carbocycles. The topological polar surface area (TPSA) is 68.0 Å². The van der Waals surface area contributed by atoms with E-state index in [-0.39, 0.29) is 35.9 Å². The molecular weight excluding hydrogens is 303 g/mol. The summed E-state index contributed by atoms with van der Waals surface area (Å²) in [7, 11) is 0. The van der Waals surface area contributed by atoms with Gasteiger partial charge in [-0.05, 0) is 6.92 Å². The maximum Gasteiger partial charge on any atom is 0.434 e. The van der Waals surface area contributed by atoms with Gasteiger partial charge >= 0.3 is 6.18 Å². The third-order valence-corrected chi connectivity index (χ3v) is 3.31. The van der Waals surface area contributed by atoms with Crippen LogP contribution < -0.4 is 11.1 Å². The standard InChI is InChI=1S/C10H14F3N3OS.ClH/c1-5(6(2)14)9(17)15-3-8-16-7(4-18-8)10(11,12)13;/h4-6H,3,14H2,1-2H3,(H,15,17);1H. The van der Waals surface area contributed by atoms with E-state index in [1.165, 1.54) is 0 Å². The maximum atomic E-state index is 12.3. The van der Waals surface area contributed by atoms with Crippen molar-refractivity contribution in [2.24, 2.45) is 11.7 Å². The van der Waals surface area contributed by atoms with Crippen molar-refractivity contribution < 1.29 is 18.0 Å². The fraction of sp³-hybridized carbons (Fsp3) is 0.600. The van der Waals surface area contributed by atoms with Gasteiger partial charge in [0.2, 0.25) is 5.91 Å². The first-order chi connectivity index (χ1) is 8.21. The molecule has 1 aromatic heterocycles. The molecule has 0 aliphatic carbocycles. The van der Waals surface area contributed by atoms with E-state index in [0.29, 0.717) is 0 Å². The number of amides is 1. The van der Waals surface area contributed by atoms with E-state index in [9.17, 15) is 18.0 Å². The fourth-order valence-electron chi connectivity index (χ4n) is 1.08. The predicted octanol–water partition coefficient (Wildman–Crippen LogP) is 2.18. The number of hydrogen-bond donors (Lipinski definition) is 2. The number of halogens is 4. The summed E-state index contributed by atoms with van der Waals surface area (Å²) in [4.78, 5) is 14.9. The average molecular weight is 318 g/mol. The van der Waals surface area contributed by atoms with Crippen LogP contribution in [0.15, 0.2) is 5.38 Å². The summed E-state index contributed by atoms with van der Waals surface area (Å²) >= 11 is 0.861. The lowest BCUT2D eigenvalue weighted by atomic mass is 10.0. The quantitative estimate of drug-likeness (QED) is 0.894. The number of nitrogens with zero attached hydrogens (tertiary/aromatic N) is 1. The zero-order valence-corrected chi connectivity index (χ0v) is 12.0. The van der Waals surface area contributed by atoms with Crippen LogP contribution in [0.2, 0.25) is 0 Å². The van der Waals surface area contributed by atoms with Gasteiger partial charge in [-0.25, -0.2) is 4.98 Å². The summed E-state index contributed by atoms with van der Waals surface area (Å²) < 4.78 is 36.8. The Hall–Kier alpha value is -0.860. The van der Waals surface area contributed by atoms with E-state index >= 15 is 0 Å². The minimum absolute atomic E-state index is 0. The number of thiazole rings is 1. The first-order valence-corrected chi connectivity index (χ1v) is 6.14. The molecular formula is C10H15ClF3N3OS. The van der Waals surface area contributed by atoms with Gasteiger partial charge in [-0.15, -0.1) is 23.7 Å². The summed E-state index contributed by atoms with van der Waals surface area (Å²) in [5, 5.41) is 3.65. The van der Waals surface area contributed by atoms with Crippen LogP contribution in [0.25, 0.3) is 0 Å². The van der Waals surface area contributed by atoms with Gasteiger partial charge in [0.1, 0.15) is 5.01 Å². The molecule has 1 aromatic rings. The highest BCUT2D eigenvalue weighted by molar-refractivity contribution is 7.09. The molecule has 110 valence electrons. The molecule has 0 radical (unpaired) electrons. The number of hydrogen-bond acceptors (Lipinski definition) is 4. The number of carbonyl (C=O) groups is 1. The minimum Gasteiger partial charge on any atom is -0.349 e.